The number of hydrogen-bond acceptors (Lipinski definition) is 0. The lowest BCUT2D eigenvalue weighted by Gasteiger charge is -1.69. The topological polar surface area (TPSA) is 0 Å². The summed E-state index contributed by atoms with van der Waals surface area (Å²) in [6.45, 7) is 0. The molecule has 0 spiro atoms. The Labute approximate surface area is 98.3 Å². The van der Waals surface area contributed by atoms with Gasteiger partial charge in [0.2, 0.25) is 0 Å². The molecule has 0 heteroatoms. The molecule has 1 aromatic carbocycles. The van der Waals surface area contributed by atoms with E-state index < -0.39 is 0 Å². The van der Waals surface area contributed by atoms with Crippen LogP contribution in [-0.4, -0.2) is 0 Å². The summed E-state index contributed by atoms with van der Waals surface area (Å²) in [6.07, 6.45) is 19.0. The van der Waals surface area contributed by atoms with Crippen molar-refractivity contribution >= 4 is 0 Å². The van der Waals surface area contributed by atoms with Gasteiger partial charge in [-0.2, -0.15) is 0 Å². The molecule has 0 heterocycles. The lowest BCUT2D eigenvalue weighted by Crippen LogP contribution is -1.47. The van der Waals surface area contributed by atoms with E-state index in [-0.39, 0.29) is 0 Å². The zero-order valence-electron chi connectivity index (χ0n) is 9.50. The minimum Gasteiger partial charge on any atom is -0.0808 e. The molecule has 0 aliphatic heterocycles. The quantitative estimate of drug-likeness (QED) is 0.582. The summed E-state index contributed by atoms with van der Waals surface area (Å²) in [5, 5.41) is 0. The Morgan fingerprint density at radius 2 is 0.625 bits per heavy atom. The van der Waals surface area contributed by atoms with E-state index in [1.54, 1.807) is 0 Å². The highest BCUT2D eigenvalue weighted by molar-refractivity contribution is 5.12. The molecule has 0 fully saturated rings. The van der Waals surface area contributed by atoms with Crippen molar-refractivity contribution in [2.45, 2.75) is 12.8 Å². The molecule has 2 aliphatic rings. The number of benzene rings is 1. The first-order valence-corrected chi connectivity index (χ1v) is 5.63. The molecule has 0 bridgehead atoms. The lowest BCUT2D eigenvalue weighted by atomic mass is 10.4. The van der Waals surface area contributed by atoms with E-state index in [2.05, 4.69) is 48.6 Å². The van der Waals surface area contributed by atoms with Gasteiger partial charge in [0.05, 0.1) is 0 Å². The van der Waals surface area contributed by atoms with Gasteiger partial charge in [0.25, 0.3) is 0 Å². The average Bonchev–Trinajstić information content (AvgIpc) is 3.10. The second kappa shape index (κ2) is 9.72. The molecule has 3 rings (SSSR count). The minimum absolute atomic E-state index is 1.14. The first-order valence-electron chi connectivity index (χ1n) is 5.63. The van der Waals surface area contributed by atoms with Gasteiger partial charge in [-0.05, 0) is 12.8 Å². The Bertz CT molecular complexity index is 284. The molecule has 0 aromatic heterocycles. The Balaban J connectivity index is 0.000000121. The number of rotatable bonds is 0. The fourth-order valence-corrected chi connectivity index (χ4v) is 1.17. The highest BCUT2D eigenvalue weighted by Crippen LogP contribution is 1.93. The maximum atomic E-state index is 2.12. The molecule has 0 unspecified atom stereocenters. The van der Waals surface area contributed by atoms with E-state index in [9.17, 15) is 0 Å². The summed E-state index contributed by atoms with van der Waals surface area (Å²) in [7, 11) is 0. The molecular weight excluding hydrogens is 192 g/mol. The molecule has 0 saturated heterocycles. The van der Waals surface area contributed by atoms with Crippen LogP contribution in [0, 0.1) is 0 Å². The number of hydrogen-bond donors (Lipinski definition) is 0. The van der Waals surface area contributed by atoms with Crippen molar-refractivity contribution in [3.63, 3.8) is 0 Å². The van der Waals surface area contributed by atoms with Gasteiger partial charge in [0, 0.05) is 0 Å². The molecule has 0 saturated carbocycles. The molecular formula is C16H18. The van der Waals surface area contributed by atoms with Crippen molar-refractivity contribution in [1.29, 1.82) is 0 Å². The fraction of sp³-hybridized carbons (Fsp3) is 0.125. The second-order valence-corrected chi connectivity index (χ2v) is 3.34. The van der Waals surface area contributed by atoms with Crippen LogP contribution in [0.1, 0.15) is 12.8 Å². The summed E-state index contributed by atoms with van der Waals surface area (Å²) < 4.78 is 0. The second-order valence-electron chi connectivity index (χ2n) is 3.34. The lowest BCUT2D eigenvalue weighted by molar-refractivity contribution is 1.45. The standard InChI is InChI=1S/C6H6.2C5H6/c1-2-4-6-5-3-1;2*1-2-4-5-3-1/h1-6H;2*1-4H,5H2. The van der Waals surface area contributed by atoms with E-state index in [4.69, 9.17) is 0 Å². The van der Waals surface area contributed by atoms with E-state index >= 15 is 0 Å². The largest absolute Gasteiger partial charge is 0.0808 e. The van der Waals surface area contributed by atoms with Crippen LogP contribution in [0.25, 0.3) is 0 Å². The Morgan fingerprint density at radius 3 is 0.750 bits per heavy atom. The third kappa shape index (κ3) is 7.57. The van der Waals surface area contributed by atoms with Gasteiger partial charge in [-0.15, -0.1) is 0 Å². The van der Waals surface area contributed by atoms with E-state index in [1.165, 1.54) is 0 Å². The zero-order chi connectivity index (χ0) is 11.3. The summed E-state index contributed by atoms with van der Waals surface area (Å²) >= 11 is 0. The Kier molecular flexibility index (Phi) is 7.45. The molecule has 0 nitrogen and oxygen atoms in total. The van der Waals surface area contributed by atoms with Crippen LogP contribution in [0.2, 0.25) is 0 Å². The molecule has 16 heavy (non-hydrogen) atoms. The van der Waals surface area contributed by atoms with Crippen LogP contribution in [-0.2, 0) is 0 Å². The van der Waals surface area contributed by atoms with Gasteiger partial charge in [-0.1, -0.05) is 85.0 Å². The molecule has 0 amide bonds. The van der Waals surface area contributed by atoms with Crippen molar-refractivity contribution in [1.82, 2.24) is 0 Å². The molecule has 2 aliphatic carbocycles. The van der Waals surface area contributed by atoms with Gasteiger partial charge in [-0.25, -0.2) is 0 Å². The predicted molar refractivity (Wildman–Crippen MR) is 72.2 cm³/mol. The SMILES string of the molecule is C1=CCC=C1.C1=CCC=C1.c1ccccc1. The van der Waals surface area contributed by atoms with E-state index in [1.807, 2.05) is 36.4 Å². The number of allylic oxidation sites excluding steroid dienone is 8. The first-order chi connectivity index (χ1) is 8.00. The normalized spacial score (nSPS) is 14.0. The summed E-state index contributed by atoms with van der Waals surface area (Å²) in [6, 6.07) is 12.0. The third-order valence-corrected chi connectivity index (χ3v) is 1.98. The maximum absolute atomic E-state index is 2.12. The predicted octanol–water partition coefficient (Wildman–Crippen LogP) is 4.69. The van der Waals surface area contributed by atoms with Crippen LogP contribution in [0.4, 0.5) is 0 Å². The summed E-state index contributed by atoms with van der Waals surface area (Å²) in [5.74, 6) is 0. The molecule has 0 radical (unpaired) electrons. The van der Waals surface area contributed by atoms with Gasteiger partial charge in [-0.3, -0.25) is 0 Å². The van der Waals surface area contributed by atoms with Crippen molar-refractivity contribution in [3.8, 4) is 0 Å². The van der Waals surface area contributed by atoms with Crippen molar-refractivity contribution in [3.05, 3.63) is 85.0 Å². The third-order valence-electron chi connectivity index (χ3n) is 1.98. The first kappa shape index (κ1) is 12.3. The van der Waals surface area contributed by atoms with Crippen molar-refractivity contribution in [2.24, 2.45) is 0 Å². The van der Waals surface area contributed by atoms with E-state index in [0.29, 0.717) is 0 Å². The maximum Gasteiger partial charge on any atom is -0.0163 e. The van der Waals surface area contributed by atoms with Crippen LogP contribution in [0.5, 0.6) is 0 Å². The average molecular weight is 210 g/mol. The van der Waals surface area contributed by atoms with Crippen LogP contribution < -0.4 is 0 Å². The molecule has 0 atom stereocenters. The zero-order valence-corrected chi connectivity index (χ0v) is 9.50. The van der Waals surface area contributed by atoms with Crippen LogP contribution in [0.15, 0.2) is 85.0 Å². The van der Waals surface area contributed by atoms with Crippen LogP contribution in [0.3, 0.4) is 0 Å². The summed E-state index contributed by atoms with van der Waals surface area (Å²) in [5.41, 5.74) is 0. The Hall–Kier alpha value is -1.82. The van der Waals surface area contributed by atoms with Gasteiger partial charge >= 0.3 is 0 Å². The van der Waals surface area contributed by atoms with Gasteiger partial charge < -0.3 is 0 Å². The monoisotopic (exact) mass is 210 g/mol. The van der Waals surface area contributed by atoms with Crippen LogP contribution >= 0.6 is 0 Å². The molecule has 82 valence electrons. The van der Waals surface area contributed by atoms with Crippen molar-refractivity contribution < 1.29 is 0 Å². The van der Waals surface area contributed by atoms with Crippen molar-refractivity contribution in [2.75, 3.05) is 0 Å². The smallest absolute Gasteiger partial charge is 0.0163 e. The highest BCUT2D eigenvalue weighted by Gasteiger charge is 1.72. The molecule has 0 N–H and O–H groups in total. The fourth-order valence-electron chi connectivity index (χ4n) is 1.17. The minimum atomic E-state index is 1.14. The Morgan fingerprint density at radius 1 is 0.375 bits per heavy atom. The summed E-state index contributed by atoms with van der Waals surface area (Å²) in [4.78, 5) is 0. The molecule has 1 aromatic rings. The van der Waals surface area contributed by atoms with Gasteiger partial charge in [0.1, 0.15) is 0 Å². The van der Waals surface area contributed by atoms with Gasteiger partial charge in [0.15, 0.2) is 0 Å². The van der Waals surface area contributed by atoms with E-state index in [0.717, 1.165) is 12.8 Å². The highest BCUT2D eigenvalue weighted by atomic mass is 13.8.